The van der Waals surface area contributed by atoms with Crippen LogP contribution in [0.5, 0.6) is 0 Å². The van der Waals surface area contributed by atoms with Crippen molar-refractivity contribution in [1.82, 2.24) is 9.97 Å². The van der Waals surface area contributed by atoms with Gasteiger partial charge >= 0.3 is 0 Å². The summed E-state index contributed by atoms with van der Waals surface area (Å²) in [6, 6.07) is 71.0. The molecule has 0 N–H and O–H groups in total. The van der Waals surface area contributed by atoms with E-state index in [1.165, 1.54) is 27.8 Å². The second-order valence-corrected chi connectivity index (χ2v) is 15.0. The minimum absolute atomic E-state index is 0.298. The standard InChI is InChI=1S/C54H36N2O/c1-54(47-30-12-9-23-40(47)41-24-10-13-31-48(41)54)37-20-15-19-36(33-37)38-21-5-7-25-42(38)49-34-50(56-53(55-49)35-17-3-2-4-18-35)43-26-8-6-22-39(43)45-28-16-29-46-44-27-11-14-32-51(44)57-52(45)46/h2-34H,1H3. The van der Waals surface area contributed by atoms with E-state index >= 15 is 0 Å². The molecule has 2 heterocycles. The molecule has 0 aliphatic heterocycles. The zero-order chi connectivity index (χ0) is 37.9. The lowest BCUT2D eigenvalue weighted by atomic mass is 9.73. The normalized spacial score (nSPS) is 12.8. The van der Waals surface area contributed by atoms with Gasteiger partial charge in [-0.15, -0.1) is 0 Å². The van der Waals surface area contributed by atoms with Crippen LogP contribution >= 0.6 is 0 Å². The first-order valence-electron chi connectivity index (χ1n) is 19.5. The summed E-state index contributed by atoms with van der Waals surface area (Å²) in [7, 11) is 0. The van der Waals surface area contributed by atoms with Gasteiger partial charge in [-0.3, -0.25) is 0 Å². The molecule has 0 bridgehead atoms. The molecule has 57 heavy (non-hydrogen) atoms. The molecule has 0 fully saturated rings. The maximum absolute atomic E-state index is 6.54. The Morgan fingerprint density at radius 2 is 0.895 bits per heavy atom. The van der Waals surface area contributed by atoms with Crippen LogP contribution in [0.3, 0.4) is 0 Å². The van der Waals surface area contributed by atoms with Gasteiger partial charge in [-0.25, -0.2) is 9.97 Å². The molecule has 2 aromatic heterocycles. The molecule has 0 amide bonds. The van der Waals surface area contributed by atoms with Crippen LogP contribution in [-0.4, -0.2) is 9.97 Å². The highest BCUT2D eigenvalue weighted by molar-refractivity contribution is 6.10. The third-order valence-corrected chi connectivity index (χ3v) is 11.8. The van der Waals surface area contributed by atoms with Gasteiger partial charge in [-0.2, -0.15) is 0 Å². The van der Waals surface area contributed by atoms with Gasteiger partial charge in [-0.1, -0.05) is 182 Å². The topological polar surface area (TPSA) is 38.9 Å². The number of fused-ring (bicyclic) bond motifs is 6. The molecule has 1 aliphatic carbocycles. The minimum atomic E-state index is -0.298. The Morgan fingerprint density at radius 1 is 0.386 bits per heavy atom. The monoisotopic (exact) mass is 728 g/mol. The summed E-state index contributed by atoms with van der Waals surface area (Å²) in [5.74, 6) is 0.676. The number of hydrogen-bond acceptors (Lipinski definition) is 3. The molecule has 0 radical (unpaired) electrons. The summed E-state index contributed by atoms with van der Waals surface area (Å²) in [5, 5.41) is 2.21. The van der Waals surface area contributed by atoms with Crippen LogP contribution in [0.15, 0.2) is 205 Å². The largest absolute Gasteiger partial charge is 0.455 e. The van der Waals surface area contributed by atoms with E-state index in [1.54, 1.807) is 0 Å². The molecule has 3 nitrogen and oxygen atoms in total. The van der Waals surface area contributed by atoms with Crippen molar-refractivity contribution in [2.24, 2.45) is 0 Å². The molecule has 11 rings (SSSR count). The highest BCUT2D eigenvalue weighted by Crippen LogP contribution is 2.52. The highest BCUT2D eigenvalue weighted by atomic mass is 16.3. The quantitative estimate of drug-likeness (QED) is 0.171. The van der Waals surface area contributed by atoms with Crippen LogP contribution in [-0.2, 0) is 5.41 Å². The van der Waals surface area contributed by atoms with Gasteiger partial charge < -0.3 is 4.42 Å². The van der Waals surface area contributed by atoms with Gasteiger partial charge in [0.25, 0.3) is 0 Å². The number of hydrogen-bond donors (Lipinski definition) is 0. The van der Waals surface area contributed by atoms with Crippen LogP contribution in [0, 0.1) is 0 Å². The summed E-state index contributed by atoms with van der Waals surface area (Å²) >= 11 is 0. The molecule has 0 spiro atoms. The van der Waals surface area contributed by atoms with E-state index in [-0.39, 0.29) is 5.41 Å². The van der Waals surface area contributed by atoms with E-state index in [0.717, 1.165) is 72.3 Å². The van der Waals surface area contributed by atoms with Crippen LogP contribution < -0.4 is 0 Å². The average Bonchev–Trinajstić information content (AvgIpc) is 3.80. The van der Waals surface area contributed by atoms with E-state index in [9.17, 15) is 0 Å². The predicted molar refractivity (Wildman–Crippen MR) is 234 cm³/mol. The van der Waals surface area contributed by atoms with E-state index in [2.05, 4.69) is 177 Å². The molecule has 0 saturated carbocycles. The Hall–Kier alpha value is -7.36. The van der Waals surface area contributed by atoms with Crippen LogP contribution in [0.25, 0.3) is 89.2 Å². The summed E-state index contributed by atoms with van der Waals surface area (Å²) < 4.78 is 6.54. The molecule has 8 aromatic carbocycles. The highest BCUT2D eigenvalue weighted by Gasteiger charge is 2.40. The van der Waals surface area contributed by atoms with Crippen molar-refractivity contribution >= 4 is 21.9 Å². The molecule has 0 unspecified atom stereocenters. The van der Waals surface area contributed by atoms with Crippen molar-refractivity contribution in [2.45, 2.75) is 12.3 Å². The third-order valence-electron chi connectivity index (χ3n) is 11.8. The SMILES string of the molecule is CC1(c2cccc(-c3ccccc3-c3cc(-c4ccccc4-c4cccc5c4oc4ccccc45)nc(-c4ccccc4)n3)c2)c2ccccc2-c2ccccc21. The predicted octanol–water partition coefficient (Wildman–Crippen LogP) is 14.0. The van der Waals surface area contributed by atoms with Gasteiger partial charge in [0.2, 0.25) is 0 Å². The molecule has 0 atom stereocenters. The molecule has 3 heteroatoms. The van der Waals surface area contributed by atoms with Crippen molar-refractivity contribution in [1.29, 1.82) is 0 Å². The lowest BCUT2D eigenvalue weighted by molar-refractivity contribution is 0.670. The summed E-state index contributed by atoms with van der Waals surface area (Å²) in [4.78, 5) is 10.6. The fraction of sp³-hybridized carbons (Fsp3) is 0.0370. The maximum atomic E-state index is 6.54. The van der Waals surface area contributed by atoms with Crippen LogP contribution in [0.1, 0.15) is 23.6 Å². The maximum Gasteiger partial charge on any atom is 0.160 e. The number of rotatable bonds is 6. The Bertz CT molecular complexity index is 3110. The van der Waals surface area contributed by atoms with Crippen molar-refractivity contribution in [3.05, 3.63) is 217 Å². The van der Waals surface area contributed by atoms with E-state index in [1.807, 2.05) is 30.3 Å². The summed E-state index contributed by atoms with van der Waals surface area (Å²) in [5.41, 5.74) is 17.1. The second-order valence-electron chi connectivity index (χ2n) is 15.0. The Balaban J connectivity index is 1.09. The number of benzene rings is 8. The van der Waals surface area contributed by atoms with Gasteiger partial charge in [-0.05, 0) is 69.6 Å². The summed E-state index contributed by atoms with van der Waals surface area (Å²) in [6.45, 7) is 2.37. The van der Waals surface area contributed by atoms with Gasteiger partial charge in [0.1, 0.15) is 11.2 Å². The van der Waals surface area contributed by atoms with Gasteiger partial charge in [0, 0.05) is 38.4 Å². The summed E-state index contributed by atoms with van der Waals surface area (Å²) in [6.07, 6.45) is 0. The van der Waals surface area contributed by atoms with Gasteiger partial charge in [0.15, 0.2) is 5.82 Å². The Morgan fingerprint density at radius 3 is 1.61 bits per heavy atom. The van der Waals surface area contributed by atoms with Crippen molar-refractivity contribution in [2.75, 3.05) is 0 Å². The first-order valence-corrected chi connectivity index (χ1v) is 19.5. The number of nitrogens with zero attached hydrogens (tertiary/aromatic N) is 2. The Kier molecular flexibility index (Phi) is 7.61. The van der Waals surface area contributed by atoms with Crippen LogP contribution in [0.2, 0.25) is 0 Å². The van der Waals surface area contributed by atoms with E-state index in [4.69, 9.17) is 14.4 Å². The Labute approximate surface area is 331 Å². The van der Waals surface area contributed by atoms with Crippen molar-refractivity contribution in [3.8, 4) is 67.3 Å². The molecule has 268 valence electrons. The third kappa shape index (κ3) is 5.27. The molecule has 10 aromatic rings. The number of furan rings is 1. The van der Waals surface area contributed by atoms with E-state index in [0.29, 0.717) is 5.82 Å². The molecular weight excluding hydrogens is 693 g/mol. The number of aromatic nitrogens is 2. The number of para-hydroxylation sites is 2. The van der Waals surface area contributed by atoms with Crippen LogP contribution in [0.4, 0.5) is 0 Å². The fourth-order valence-electron chi connectivity index (χ4n) is 9.06. The lowest BCUT2D eigenvalue weighted by Gasteiger charge is -2.29. The zero-order valence-corrected chi connectivity index (χ0v) is 31.4. The average molecular weight is 729 g/mol. The zero-order valence-electron chi connectivity index (χ0n) is 31.4. The first kappa shape index (κ1) is 33.0. The first-order chi connectivity index (χ1) is 28.1. The fourth-order valence-corrected chi connectivity index (χ4v) is 9.06. The van der Waals surface area contributed by atoms with Gasteiger partial charge in [0.05, 0.1) is 11.4 Å². The molecular formula is C54H36N2O. The van der Waals surface area contributed by atoms with Crippen molar-refractivity contribution < 1.29 is 4.42 Å². The smallest absolute Gasteiger partial charge is 0.160 e. The van der Waals surface area contributed by atoms with Crippen molar-refractivity contribution in [3.63, 3.8) is 0 Å². The molecule has 1 aliphatic rings. The second kappa shape index (κ2) is 13.1. The lowest BCUT2D eigenvalue weighted by Crippen LogP contribution is -2.22. The minimum Gasteiger partial charge on any atom is -0.455 e. The van der Waals surface area contributed by atoms with E-state index < -0.39 is 0 Å². The molecule has 0 saturated heterocycles.